The van der Waals surface area contributed by atoms with Crippen molar-refractivity contribution in [2.24, 2.45) is 0 Å². The topological polar surface area (TPSA) is 66.0 Å². The summed E-state index contributed by atoms with van der Waals surface area (Å²) in [6.07, 6.45) is 4.36. The van der Waals surface area contributed by atoms with E-state index in [1.165, 1.54) is 10.9 Å². The zero-order valence-corrected chi connectivity index (χ0v) is 27.3. The molecule has 0 amide bonds. The number of furan rings is 1. The third-order valence-electron chi connectivity index (χ3n) is 10.2. The minimum atomic E-state index is -0.197. The minimum Gasteiger partial charge on any atom is -0.484 e. The lowest BCUT2D eigenvalue weighted by atomic mass is 9.83. The predicted molar refractivity (Wildman–Crippen MR) is 202 cm³/mol. The van der Waals surface area contributed by atoms with Gasteiger partial charge >= 0.3 is 0 Å². The van der Waals surface area contributed by atoms with E-state index in [1.54, 1.807) is 0 Å². The van der Waals surface area contributed by atoms with Crippen molar-refractivity contribution in [1.29, 1.82) is 0 Å². The number of nitrogens with zero attached hydrogens (tertiary/aromatic N) is 4. The van der Waals surface area contributed by atoms with Crippen LogP contribution in [0.15, 0.2) is 156 Å². The fourth-order valence-electron chi connectivity index (χ4n) is 8.07. The summed E-state index contributed by atoms with van der Waals surface area (Å²) in [5.41, 5.74) is 10.1. The Kier molecular flexibility index (Phi) is 5.98. The second-order valence-corrected chi connectivity index (χ2v) is 13.1. The maximum Gasteiger partial charge on any atom is 0.164 e. The standard InChI is InChI=1S/C45H28N4O2/c1-3-13-27(14-4-1)43-46-44(32-19-11-23-37-39(32)30-18-8-10-22-36(30)50-37)48-45(47-43)33-20-12-24-38-40(33)31-25-26-35-41(42(31)51-38)29-17-7-9-21-34(29)49(35)28-15-5-2-6-16-28/h1-26,31,42H. The van der Waals surface area contributed by atoms with E-state index >= 15 is 0 Å². The number of ether oxygens (including phenoxy) is 1. The van der Waals surface area contributed by atoms with Crippen LogP contribution in [0, 0.1) is 0 Å². The Morgan fingerprint density at radius 2 is 1.20 bits per heavy atom. The summed E-state index contributed by atoms with van der Waals surface area (Å²) in [6.45, 7) is 0. The maximum absolute atomic E-state index is 6.93. The molecule has 240 valence electrons. The zero-order chi connectivity index (χ0) is 33.5. The quantitative estimate of drug-likeness (QED) is 0.189. The fourth-order valence-corrected chi connectivity index (χ4v) is 8.07. The number of hydrogen-bond donors (Lipinski definition) is 0. The summed E-state index contributed by atoms with van der Waals surface area (Å²) in [5.74, 6) is 2.64. The molecule has 0 saturated heterocycles. The molecule has 2 atom stereocenters. The molecule has 2 unspecified atom stereocenters. The Morgan fingerprint density at radius 3 is 2.06 bits per heavy atom. The van der Waals surface area contributed by atoms with Crippen LogP contribution in [0.5, 0.6) is 5.75 Å². The van der Waals surface area contributed by atoms with E-state index < -0.39 is 0 Å². The van der Waals surface area contributed by atoms with Crippen LogP contribution in [-0.2, 0) is 0 Å². The Bertz CT molecular complexity index is 2850. The monoisotopic (exact) mass is 656 g/mol. The van der Waals surface area contributed by atoms with Gasteiger partial charge in [0.15, 0.2) is 17.5 Å². The molecule has 1 aliphatic heterocycles. The summed E-state index contributed by atoms with van der Waals surface area (Å²) in [5, 5.41) is 3.21. The number of rotatable bonds is 4. The van der Waals surface area contributed by atoms with Crippen LogP contribution in [0.4, 0.5) is 0 Å². The molecule has 0 N–H and O–H groups in total. The molecule has 2 aliphatic rings. The van der Waals surface area contributed by atoms with Crippen LogP contribution in [0.2, 0.25) is 0 Å². The molecular weight excluding hydrogens is 629 g/mol. The van der Waals surface area contributed by atoms with Gasteiger partial charge in [-0.1, -0.05) is 115 Å². The van der Waals surface area contributed by atoms with Crippen molar-refractivity contribution in [2.75, 3.05) is 0 Å². The Balaban J connectivity index is 1.11. The first kappa shape index (κ1) is 28.1. The first-order valence-electron chi connectivity index (χ1n) is 17.2. The van der Waals surface area contributed by atoms with Crippen molar-refractivity contribution < 1.29 is 9.15 Å². The average molecular weight is 657 g/mol. The minimum absolute atomic E-state index is 0.0274. The molecule has 51 heavy (non-hydrogen) atoms. The Morgan fingerprint density at radius 1 is 0.529 bits per heavy atom. The normalized spacial score (nSPS) is 15.9. The van der Waals surface area contributed by atoms with E-state index in [0.717, 1.165) is 66.8 Å². The van der Waals surface area contributed by atoms with Crippen LogP contribution < -0.4 is 4.74 Å². The van der Waals surface area contributed by atoms with Crippen molar-refractivity contribution in [3.05, 3.63) is 168 Å². The molecule has 0 saturated carbocycles. The zero-order valence-electron chi connectivity index (χ0n) is 27.3. The van der Waals surface area contributed by atoms with E-state index in [0.29, 0.717) is 17.5 Å². The first-order chi connectivity index (χ1) is 25.3. The molecule has 1 aliphatic carbocycles. The molecule has 0 radical (unpaired) electrons. The van der Waals surface area contributed by atoms with E-state index in [1.807, 2.05) is 66.7 Å². The highest BCUT2D eigenvalue weighted by atomic mass is 16.5. The third-order valence-corrected chi connectivity index (χ3v) is 10.2. The second-order valence-electron chi connectivity index (χ2n) is 13.1. The molecule has 3 aromatic heterocycles. The van der Waals surface area contributed by atoms with Crippen LogP contribution in [-0.4, -0.2) is 19.5 Å². The van der Waals surface area contributed by atoms with Crippen LogP contribution in [0.3, 0.4) is 0 Å². The number of para-hydroxylation sites is 3. The van der Waals surface area contributed by atoms with Crippen LogP contribution in [0.25, 0.3) is 78.8 Å². The fraction of sp³-hybridized carbons (Fsp3) is 0.0444. The van der Waals surface area contributed by atoms with E-state index in [-0.39, 0.29) is 12.0 Å². The van der Waals surface area contributed by atoms with Gasteiger partial charge in [0.1, 0.15) is 23.0 Å². The maximum atomic E-state index is 6.93. The molecule has 6 nitrogen and oxygen atoms in total. The van der Waals surface area contributed by atoms with Gasteiger partial charge in [0.25, 0.3) is 0 Å². The highest BCUT2D eigenvalue weighted by Crippen LogP contribution is 2.55. The second kappa shape index (κ2) is 10.9. The van der Waals surface area contributed by atoms with E-state index in [9.17, 15) is 0 Å². The first-order valence-corrected chi connectivity index (χ1v) is 17.2. The van der Waals surface area contributed by atoms with Crippen molar-refractivity contribution in [3.8, 4) is 45.6 Å². The molecule has 0 spiro atoms. The van der Waals surface area contributed by atoms with Gasteiger partial charge in [-0.2, -0.15) is 0 Å². The summed E-state index contributed by atoms with van der Waals surface area (Å²) < 4.78 is 15.5. The molecular formula is C45H28N4O2. The van der Waals surface area contributed by atoms with Gasteiger partial charge in [-0.15, -0.1) is 0 Å². The molecule has 6 heteroatoms. The van der Waals surface area contributed by atoms with Crippen molar-refractivity contribution in [3.63, 3.8) is 0 Å². The molecule has 6 aromatic carbocycles. The number of aromatic nitrogens is 4. The number of hydrogen-bond acceptors (Lipinski definition) is 5. The van der Waals surface area contributed by atoms with Crippen LogP contribution >= 0.6 is 0 Å². The molecule has 9 aromatic rings. The molecule has 0 bridgehead atoms. The highest BCUT2D eigenvalue weighted by Gasteiger charge is 2.42. The lowest BCUT2D eigenvalue weighted by Crippen LogP contribution is -2.14. The predicted octanol–water partition coefficient (Wildman–Crippen LogP) is 11.0. The van der Waals surface area contributed by atoms with Gasteiger partial charge in [0.2, 0.25) is 0 Å². The van der Waals surface area contributed by atoms with E-state index in [4.69, 9.17) is 24.1 Å². The van der Waals surface area contributed by atoms with Crippen LogP contribution in [0.1, 0.15) is 28.8 Å². The third kappa shape index (κ3) is 4.20. The van der Waals surface area contributed by atoms with Gasteiger partial charge in [-0.25, -0.2) is 15.0 Å². The van der Waals surface area contributed by atoms with Gasteiger partial charge in [-0.05, 0) is 42.5 Å². The Labute approximate surface area is 293 Å². The van der Waals surface area contributed by atoms with Gasteiger partial charge < -0.3 is 13.7 Å². The lowest BCUT2D eigenvalue weighted by Gasteiger charge is -2.22. The molecule has 0 fully saturated rings. The average Bonchev–Trinajstić information content (AvgIpc) is 3.88. The summed E-state index contributed by atoms with van der Waals surface area (Å²) in [7, 11) is 0. The van der Waals surface area contributed by atoms with Gasteiger partial charge in [0, 0.05) is 55.6 Å². The van der Waals surface area contributed by atoms with Crippen molar-refractivity contribution in [1.82, 2.24) is 19.5 Å². The number of benzene rings is 6. The van der Waals surface area contributed by atoms with E-state index in [2.05, 4.69) is 95.6 Å². The van der Waals surface area contributed by atoms with Gasteiger partial charge in [0.05, 0.1) is 11.2 Å². The summed E-state index contributed by atoms with van der Waals surface area (Å²) >= 11 is 0. The summed E-state index contributed by atoms with van der Waals surface area (Å²) in [6, 6.07) is 49.7. The number of fused-ring (bicyclic) bond motifs is 10. The lowest BCUT2D eigenvalue weighted by molar-refractivity contribution is 0.224. The highest BCUT2D eigenvalue weighted by molar-refractivity contribution is 6.11. The Hall–Kier alpha value is -6.79. The van der Waals surface area contributed by atoms with Crippen molar-refractivity contribution in [2.45, 2.75) is 12.0 Å². The molecule has 11 rings (SSSR count). The van der Waals surface area contributed by atoms with Crippen molar-refractivity contribution >= 4 is 38.9 Å². The summed E-state index contributed by atoms with van der Waals surface area (Å²) in [4.78, 5) is 15.5. The largest absolute Gasteiger partial charge is 0.484 e. The SMILES string of the molecule is C1=CC2c3c(cccc3-c3nc(-c4ccccc4)nc(-c4cccc5oc6ccccc6c45)n3)OC2c2c1n(-c1ccccc1)c1ccccc21. The smallest absolute Gasteiger partial charge is 0.164 e. The van der Waals surface area contributed by atoms with Gasteiger partial charge in [-0.3, -0.25) is 0 Å². The molecule has 4 heterocycles.